The smallest absolute Gasteiger partial charge is 0.248 e. The van der Waals surface area contributed by atoms with Crippen LogP contribution in [0.2, 0.25) is 0 Å². The number of carbonyl (C=O) groups is 1. The Kier molecular flexibility index (Phi) is 6.98. The molecule has 0 radical (unpaired) electrons. The van der Waals surface area contributed by atoms with Gasteiger partial charge in [-0.05, 0) is 43.2 Å². The van der Waals surface area contributed by atoms with E-state index < -0.39 is 16.1 Å². The van der Waals surface area contributed by atoms with Crippen LogP contribution in [0, 0.1) is 6.92 Å². The summed E-state index contributed by atoms with van der Waals surface area (Å²) in [5.74, 6) is -0.377. The van der Waals surface area contributed by atoms with Crippen LogP contribution in [0.5, 0.6) is 0 Å². The summed E-state index contributed by atoms with van der Waals surface area (Å²) in [6.07, 6.45) is 1.45. The zero-order valence-corrected chi connectivity index (χ0v) is 16.9. The first-order valence-corrected chi connectivity index (χ1v) is 10.6. The Labute approximate surface area is 161 Å². The first-order chi connectivity index (χ1) is 12.8. The molecule has 0 aliphatic heterocycles. The number of ether oxygens (including phenoxy) is 1. The fourth-order valence-corrected chi connectivity index (χ4v) is 4.09. The summed E-state index contributed by atoms with van der Waals surface area (Å²) < 4.78 is 31.2. The first-order valence-electron chi connectivity index (χ1n) is 8.71. The number of hydrogen-bond donors (Lipinski definition) is 1. The van der Waals surface area contributed by atoms with E-state index in [-0.39, 0.29) is 5.91 Å². The van der Waals surface area contributed by atoms with Crippen molar-refractivity contribution in [1.82, 2.24) is 0 Å². The Bertz CT molecular complexity index is 879. The van der Waals surface area contributed by atoms with Gasteiger partial charge in [0.25, 0.3) is 0 Å². The number of anilines is 2. The van der Waals surface area contributed by atoms with E-state index in [0.29, 0.717) is 24.4 Å². The van der Waals surface area contributed by atoms with Crippen molar-refractivity contribution in [3.8, 4) is 0 Å². The molecule has 0 fully saturated rings. The lowest BCUT2D eigenvalue weighted by Gasteiger charge is -2.30. The van der Waals surface area contributed by atoms with E-state index in [1.165, 1.54) is 4.31 Å². The molecule has 1 N–H and O–H groups in total. The Balaban J connectivity index is 2.32. The zero-order chi connectivity index (χ0) is 20.0. The zero-order valence-electron chi connectivity index (χ0n) is 16.1. The molecule has 1 atom stereocenters. The second kappa shape index (κ2) is 9.01. The maximum atomic E-state index is 12.9. The molecule has 27 heavy (non-hydrogen) atoms. The van der Waals surface area contributed by atoms with Gasteiger partial charge in [-0.3, -0.25) is 9.10 Å². The number of nitrogens with zero attached hydrogens (tertiary/aromatic N) is 1. The highest BCUT2D eigenvalue weighted by molar-refractivity contribution is 7.92. The lowest BCUT2D eigenvalue weighted by atomic mass is 10.1. The van der Waals surface area contributed by atoms with Gasteiger partial charge >= 0.3 is 0 Å². The van der Waals surface area contributed by atoms with Crippen LogP contribution in [-0.4, -0.2) is 33.7 Å². The number of nitrogens with one attached hydrogen (secondary N) is 1. The van der Waals surface area contributed by atoms with Gasteiger partial charge in [-0.25, -0.2) is 8.42 Å². The summed E-state index contributed by atoms with van der Waals surface area (Å²) in [6, 6.07) is 13.5. The molecular formula is C20H26N2O4S. The number of benzene rings is 2. The van der Waals surface area contributed by atoms with Crippen molar-refractivity contribution < 1.29 is 17.9 Å². The molecule has 0 aliphatic carbocycles. The summed E-state index contributed by atoms with van der Waals surface area (Å²) >= 11 is 0. The SMILES string of the molecule is CC[C@@H](C(=O)Nc1cccc(COC)c1)N(c1ccc(C)cc1)S(C)(=O)=O. The molecule has 0 spiro atoms. The predicted octanol–water partition coefficient (Wildman–Crippen LogP) is 3.32. The van der Waals surface area contributed by atoms with Crippen LogP contribution in [0.3, 0.4) is 0 Å². The summed E-state index contributed by atoms with van der Waals surface area (Å²) in [5.41, 5.74) is 3.00. The number of rotatable bonds is 8. The van der Waals surface area contributed by atoms with Crippen molar-refractivity contribution in [3.63, 3.8) is 0 Å². The highest BCUT2D eigenvalue weighted by Gasteiger charge is 2.31. The summed E-state index contributed by atoms with van der Waals surface area (Å²) in [6.45, 7) is 4.14. The van der Waals surface area contributed by atoms with Gasteiger partial charge < -0.3 is 10.1 Å². The van der Waals surface area contributed by atoms with Crippen molar-refractivity contribution in [3.05, 3.63) is 59.7 Å². The fourth-order valence-electron chi connectivity index (χ4n) is 2.88. The van der Waals surface area contributed by atoms with E-state index >= 15 is 0 Å². The van der Waals surface area contributed by atoms with Crippen LogP contribution in [-0.2, 0) is 26.2 Å². The average molecular weight is 391 g/mol. The third-order valence-electron chi connectivity index (χ3n) is 4.12. The summed E-state index contributed by atoms with van der Waals surface area (Å²) in [5, 5.41) is 2.82. The molecule has 0 saturated heterocycles. The van der Waals surface area contributed by atoms with Crippen LogP contribution in [0.15, 0.2) is 48.5 Å². The second-order valence-electron chi connectivity index (χ2n) is 6.44. The molecule has 0 heterocycles. The molecule has 0 saturated carbocycles. The van der Waals surface area contributed by atoms with Crippen molar-refractivity contribution >= 4 is 27.3 Å². The van der Waals surface area contributed by atoms with Crippen molar-refractivity contribution in [1.29, 1.82) is 0 Å². The van der Waals surface area contributed by atoms with Crippen LogP contribution >= 0.6 is 0 Å². The minimum atomic E-state index is -3.64. The minimum absolute atomic E-state index is 0.338. The van der Waals surface area contributed by atoms with Crippen molar-refractivity contribution in [2.45, 2.75) is 32.9 Å². The number of aryl methyl sites for hydroxylation is 1. The molecule has 146 valence electrons. The lowest BCUT2D eigenvalue weighted by molar-refractivity contribution is -0.117. The Morgan fingerprint density at radius 1 is 1.19 bits per heavy atom. The fraction of sp³-hybridized carbons (Fsp3) is 0.350. The highest BCUT2D eigenvalue weighted by atomic mass is 32.2. The number of amides is 1. The van der Waals surface area contributed by atoms with Gasteiger partial charge in [0.2, 0.25) is 15.9 Å². The molecule has 0 bridgehead atoms. The van der Waals surface area contributed by atoms with Gasteiger partial charge in [-0.2, -0.15) is 0 Å². The van der Waals surface area contributed by atoms with E-state index in [0.717, 1.165) is 17.4 Å². The Hall–Kier alpha value is -2.38. The van der Waals surface area contributed by atoms with E-state index in [1.807, 2.05) is 37.3 Å². The number of methoxy groups -OCH3 is 1. The molecule has 0 aliphatic rings. The van der Waals surface area contributed by atoms with E-state index in [1.54, 1.807) is 32.2 Å². The van der Waals surface area contributed by atoms with Gasteiger partial charge in [0.05, 0.1) is 18.6 Å². The number of hydrogen-bond acceptors (Lipinski definition) is 4. The molecule has 1 amide bonds. The number of carbonyl (C=O) groups excluding carboxylic acids is 1. The molecule has 0 unspecified atom stereocenters. The van der Waals surface area contributed by atoms with Crippen molar-refractivity contribution in [2.24, 2.45) is 0 Å². The standard InChI is InChI=1S/C20H26N2O4S/c1-5-19(20(23)21-17-8-6-7-16(13-17)14-26-3)22(27(4,24)25)18-11-9-15(2)10-12-18/h6-13,19H,5,14H2,1-4H3,(H,21,23)/t19-/m0/s1. The van der Waals surface area contributed by atoms with Gasteiger partial charge in [-0.15, -0.1) is 0 Å². The molecule has 2 aromatic rings. The predicted molar refractivity (Wildman–Crippen MR) is 108 cm³/mol. The highest BCUT2D eigenvalue weighted by Crippen LogP contribution is 2.24. The van der Waals surface area contributed by atoms with Crippen molar-refractivity contribution in [2.75, 3.05) is 23.0 Å². The lowest BCUT2D eigenvalue weighted by Crippen LogP contribution is -2.47. The maximum Gasteiger partial charge on any atom is 0.248 e. The largest absolute Gasteiger partial charge is 0.380 e. The monoisotopic (exact) mass is 390 g/mol. The Morgan fingerprint density at radius 3 is 2.41 bits per heavy atom. The maximum absolute atomic E-state index is 12.9. The first kappa shape index (κ1) is 20.9. The minimum Gasteiger partial charge on any atom is -0.380 e. The summed E-state index contributed by atoms with van der Waals surface area (Å²) in [7, 11) is -2.04. The quantitative estimate of drug-likeness (QED) is 0.750. The second-order valence-corrected chi connectivity index (χ2v) is 8.30. The topological polar surface area (TPSA) is 75.7 Å². The van der Waals surface area contributed by atoms with E-state index in [4.69, 9.17) is 4.74 Å². The summed E-state index contributed by atoms with van der Waals surface area (Å²) in [4.78, 5) is 12.9. The molecule has 0 aromatic heterocycles. The van der Waals surface area contributed by atoms with E-state index in [2.05, 4.69) is 5.32 Å². The van der Waals surface area contributed by atoms with Crippen LogP contribution in [0.4, 0.5) is 11.4 Å². The van der Waals surface area contributed by atoms with Gasteiger partial charge in [0.15, 0.2) is 0 Å². The van der Waals surface area contributed by atoms with Crippen LogP contribution in [0.25, 0.3) is 0 Å². The molecule has 6 nitrogen and oxygen atoms in total. The van der Waals surface area contributed by atoms with Crippen LogP contribution < -0.4 is 9.62 Å². The van der Waals surface area contributed by atoms with Crippen LogP contribution in [0.1, 0.15) is 24.5 Å². The third-order valence-corrected chi connectivity index (χ3v) is 5.30. The molecule has 7 heteroatoms. The van der Waals surface area contributed by atoms with Gasteiger partial charge in [0, 0.05) is 12.8 Å². The number of sulfonamides is 1. The molecule has 2 rings (SSSR count). The van der Waals surface area contributed by atoms with Gasteiger partial charge in [0.1, 0.15) is 6.04 Å². The third kappa shape index (κ3) is 5.55. The van der Waals surface area contributed by atoms with Gasteiger partial charge in [-0.1, -0.05) is 36.8 Å². The Morgan fingerprint density at radius 2 is 1.85 bits per heavy atom. The normalized spacial score (nSPS) is 12.4. The molecular weight excluding hydrogens is 364 g/mol. The average Bonchev–Trinajstić information content (AvgIpc) is 2.60. The van der Waals surface area contributed by atoms with E-state index in [9.17, 15) is 13.2 Å². The molecule has 2 aromatic carbocycles.